The third kappa shape index (κ3) is 5.12. The molecule has 2 heterocycles. The molecule has 1 fully saturated rings. The first kappa shape index (κ1) is 22.7. The van der Waals surface area contributed by atoms with Gasteiger partial charge < -0.3 is 10.3 Å². The molecule has 3 amide bonds. The van der Waals surface area contributed by atoms with Crippen molar-refractivity contribution in [1.82, 2.24) is 19.8 Å². The quantitative estimate of drug-likeness (QED) is 0.397. The van der Waals surface area contributed by atoms with E-state index in [0.717, 1.165) is 22.2 Å². The fraction of sp³-hybridized carbons (Fsp3) is 0.174. The number of thioether (sulfide) groups is 1. The standard InChI is InChI=1S/C23H20N4O4S2/c28-19(10-12-26-20(29)16-8-4-5-9-17(16)25-22(26)32)24-11-13-27-21(30)18(33-23(27)31)14-15-6-2-1-3-7-15/h1-9,14H,10-13H2,(H,24,28)(H,25,32)/b18-14-. The summed E-state index contributed by atoms with van der Waals surface area (Å²) in [6.45, 7) is 0.305. The summed E-state index contributed by atoms with van der Waals surface area (Å²) in [5.74, 6) is -0.687. The van der Waals surface area contributed by atoms with Crippen LogP contribution in [0.5, 0.6) is 0 Å². The average molecular weight is 481 g/mol. The molecule has 3 aromatic rings. The van der Waals surface area contributed by atoms with Gasteiger partial charge in [-0.3, -0.25) is 28.6 Å². The van der Waals surface area contributed by atoms with Gasteiger partial charge in [-0.2, -0.15) is 0 Å². The van der Waals surface area contributed by atoms with Crippen LogP contribution >= 0.6 is 24.0 Å². The van der Waals surface area contributed by atoms with Crippen molar-refractivity contribution in [3.63, 3.8) is 0 Å². The van der Waals surface area contributed by atoms with E-state index >= 15 is 0 Å². The smallest absolute Gasteiger partial charge is 0.293 e. The maximum Gasteiger partial charge on any atom is 0.293 e. The SMILES string of the molecule is O=C(CCn1c(=S)[nH]c2ccccc2c1=O)NCCN1C(=O)S/C(=C\c2ccccc2)C1=O. The van der Waals surface area contributed by atoms with Crippen LogP contribution < -0.4 is 10.9 Å². The lowest BCUT2D eigenvalue weighted by Crippen LogP contribution is -2.37. The molecule has 0 saturated carbocycles. The van der Waals surface area contributed by atoms with Gasteiger partial charge in [0.1, 0.15) is 0 Å². The van der Waals surface area contributed by atoms with Crippen LogP contribution in [0, 0.1) is 4.77 Å². The number of rotatable bonds is 7. The molecule has 1 aromatic heterocycles. The average Bonchev–Trinajstić information content (AvgIpc) is 3.07. The predicted octanol–water partition coefficient (Wildman–Crippen LogP) is 3.30. The summed E-state index contributed by atoms with van der Waals surface area (Å²) >= 11 is 6.13. The number of benzene rings is 2. The Labute approximate surface area is 198 Å². The van der Waals surface area contributed by atoms with Crippen LogP contribution in [0.3, 0.4) is 0 Å². The van der Waals surface area contributed by atoms with Crippen molar-refractivity contribution in [2.75, 3.05) is 13.1 Å². The number of amides is 3. The molecule has 1 saturated heterocycles. The second-order valence-electron chi connectivity index (χ2n) is 7.28. The lowest BCUT2D eigenvalue weighted by atomic mass is 10.2. The molecular weight excluding hydrogens is 460 g/mol. The monoisotopic (exact) mass is 480 g/mol. The largest absolute Gasteiger partial charge is 0.354 e. The Bertz CT molecular complexity index is 1380. The third-order valence-electron chi connectivity index (χ3n) is 5.08. The van der Waals surface area contributed by atoms with E-state index in [0.29, 0.717) is 15.8 Å². The van der Waals surface area contributed by atoms with Gasteiger partial charge in [-0.05, 0) is 47.8 Å². The number of hydrogen-bond acceptors (Lipinski definition) is 6. The lowest BCUT2D eigenvalue weighted by molar-refractivity contribution is -0.124. The number of aromatic nitrogens is 2. The van der Waals surface area contributed by atoms with E-state index in [1.54, 1.807) is 30.3 Å². The van der Waals surface area contributed by atoms with Gasteiger partial charge in [0.25, 0.3) is 16.7 Å². The van der Waals surface area contributed by atoms with E-state index in [2.05, 4.69) is 10.3 Å². The minimum absolute atomic E-state index is 0.0333. The van der Waals surface area contributed by atoms with Gasteiger partial charge in [0, 0.05) is 26.1 Å². The predicted molar refractivity (Wildman–Crippen MR) is 130 cm³/mol. The topological polar surface area (TPSA) is 104 Å². The molecule has 0 aliphatic carbocycles. The summed E-state index contributed by atoms with van der Waals surface area (Å²) in [5.41, 5.74) is 1.22. The maximum atomic E-state index is 12.6. The van der Waals surface area contributed by atoms with Gasteiger partial charge in [-0.25, -0.2) is 0 Å². The Morgan fingerprint density at radius 3 is 2.55 bits per heavy atom. The highest BCUT2D eigenvalue weighted by Gasteiger charge is 2.34. The van der Waals surface area contributed by atoms with Crippen molar-refractivity contribution in [3.05, 3.63) is 80.2 Å². The van der Waals surface area contributed by atoms with Crippen molar-refractivity contribution in [2.24, 2.45) is 0 Å². The zero-order valence-corrected chi connectivity index (χ0v) is 19.1. The van der Waals surface area contributed by atoms with Crippen LogP contribution in [0.2, 0.25) is 0 Å². The summed E-state index contributed by atoms with van der Waals surface area (Å²) < 4.78 is 1.59. The first-order valence-corrected chi connectivity index (χ1v) is 11.5. The third-order valence-corrected chi connectivity index (χ3v) is 6.31. The highest BCUT2D eigenvalue weighted by atomic mass is 32.2. The van der Waals surface area contributed by atoms with Crippen molar-refractivity contribution < 1.29 is 14.4 Å². The molecule has 1 aliphatic heterocycles. The summed E-state index contributed by atoms with van der Waals surface area (Å²) in [7, 11) is 0. The van der Waals surface area contributed by atoms with Crippen molar-refractivity contribution in [2.45, 2.75) is 13.0 Å². The number of hydrogen-bond donors (Lipinski definition) is 2. The summed E-state index contributed by atoms with van der Waals surface area (Å²) in [5, 5.41) is 2.81. The van der Waals surface area contributed by atoms with Gasteiger partial charge in [0.05, 0.1) is 15.8 Å². The van der Waals surface area contributed by atoms with E-state index in [-0.39, 0.29) is 53.4 Å². The van der Waals surface area contributed by atoms with E-state index in [9.17, 15) is 19.2 Å². The molecule has 0 unspecified atom stereocenters. The number of nitrogens with one attached hydrogen (secondary N) is 2. The Hall–Kier alpha value is -3.50. The van der Waals surface area contributed by atoms with Crippen molar-refractivity contribution in [3.8, 4) is 0 Å². The normalized spacial score (nSPS) is 14.9. The van der Waals surface area contributed by atoms with E-state index in [4.69, 9.17) is 12.2 Å². The molecule has 8 nitrogen and oxygen atoms in total. The molecule has 1 aliphatic rings. The Morgan fingerprint density at radius 1 is 1.03 bits per heavy atom. The van der Waals surface area contributed by atoms with Gasteiger partial charge >= 0.3 is 0 Å². The number of imide groups is 1. The number of nitrogens with zero attached hydrogens (tertiary/aromatic N) is 2. The fourth-order valence-corrected chi connectivity index (χ4v) is 4.55. The van der Waals surface area contributed by atoms with Crippen LogP contribution in [-0.2, 0) is 16.1 Å². The highest BCUT2D eigenvalue weighted by Crippen LogP contribution is 2.31. The summed E-state index contributed by atoms with van der Waals surface area (Å²) in [6, 6.07) is 16.3. The minimum Gasteiger partial charge on any atom is -0.354 e. The molecule has 4 rings (SSSR count). The Morgan fingerprint density at radius 2 is 1.76 bits per heavy atom. The first-order valence-electron chi connectivity index (χ1n) is 10.2. The number of H-pyrrole nitrogens is 1. The zero-order chi connectivity index (χ0) is 23.4. The molecule has 10 heteroatoms. The number of carbonyl (C=O) groups excluding carboxylic acids is 3. The minimum atomic E-state index is -0.378. The second kappa shape index (κ2) is 9.97. The molecule has 2 aromatic carbocycles. The summed E-state index contributed by atoms with van der Waals surface area (Å²) in [4.78, 5) is 54.1. The number of carbonyl (C=O) groups is 3. The van der Waals surface area contributed by atoms with Crippen molar-refractivity contribution in [1.29, 1.82) is 0 Å². The molecular formula is C23H20N4O4S2. The fourth-order valence-electron chi connectivity index (χ4n) is 3.40. The number of para-hydroxylation sites is 1. The Balaban J connectivity index is 1.31. The van der Waals surface area contributed by atoms with E-state index < -0.39 is 0 Å². The van der Waals surface area contributed by atoms with Crippen LogP contribution in [0.25, 0.3) is 17.0 Å². The van der Waals surface area contributed by atoms with E-state index in [1.807, 2.05) is 30.3 Å². The van der Waals surface area contributed by atoms with Gasteiger partial charge in [-0.1, -0.05) is 42.5 Å². The van der Waals surface area contributed by atoms with Gasteiger partial charge in [0.2, 0.25) is 5.91 Å². The van der Waals surface area contributed by atoms with Crippen LogP contribution in [0.15, 0.2) is 64.3 Å². The molecule has 0 spiro atoms. The molecule has 0 radical (unpaired) electrons. The van der Waals surface area contributed by atoms with Crippen LogP contribution in [0.4, 0.5) is 4.79 Å². The highest BCUT2D eigenvalue weighted by molar-refractivity contribution is 8.18. The molecule has 0 bridgehead atoms. The van der Waals surface area contributed by atoms with Crippen LogP contribution in [0.1, 0.15) is 12.0 Å². The molecule has 0 atom stereocenters. The number of aromatic amines is 1. The van der Waals surface area contributed by atoms with E-state index in [1.165, 1.54) is 4.57 Å². The second-order valence-corrected chi connectivity index (χ2v) is 8.66. The van der Waals surface area contributed by atoms with Gasteiger partial charge in [-0.15, -0.1) is 0 Å². The van der Waals surface area contributed by atoms with Crippen LogP contribution in [-0.4, -0.2) is 44.6 Å². The maximum absolute atomic E-state index is 12.6. The lowest BCUT2D eigenvalue weighted by Gasteiger charge is -2.13. The molecule has 33 heavy (non-hydrogen) atoms. The summed E-state index contributed by atoms with van der Waals surface area (Å²) in [6.07, 6.45) is 1.71. The molecule has 2 N–H and O–H groups in total. The zero-order valence-electron chi connectivity index (χ0n) is 17.4. The Kier molecular flexibility index (Phi) is 6.85. The molecule has 168 valence electrons. The van der Waals surface area contributed by atoms with Gasteiger partial charge in [0.15, 0.2) is 4.77 Å². The first-order chi connectivity index (χ1) is 15.9. The number of fused-ring (bicyclic) bond motifs is 1. The van der Waals surface area contributed by atoms with Crippen molar-refractivity contribution >= 4 is 58.0 Å².